The third kappa shape index (κ3) is 12.5. The van der Waals surface area contributed by atoms with Crippen molar-refractivity contribution in [2.45, 2.75) is 6.29 Å². The molecule has 0 radical (unpaired) electrons. The smallest absolute Gasteiger partial charge is 0.168 e. The van der Waals surface area contributed by atoms with Crippen molar-refractivity contribution in [3.8, 4) is 0 Å². The van der Waals surface area contributed by atoms with E-state index in [0.29, 0.717) is 12.8 Å². The highest BCUT2D eigenvalue weighted by Gasteiger charge is 1.96. The summed E-state index contributed by atoms with van der Waals surface area (Å²) in [4.78, 5) is 9.06. The van der Waals surface area contributed by atoms with Crippen molar-refractivity contribution < 1.29 is 14.3 Å². The van der Waals surface area contributed by atoms with Gasteiger partial charge in [-0.05, 0) is 6.08 Å². The van der Waals surface area contributed by atoms with Crippen LogP contribution in [0.15, 0.2) is 12.7 Å². The van der Waals surface area contributed by atoms with Crippen LogP contribution in [0.25, 0.3) is 0 Å². The summed E-state index contributed by atoms with van der Waals surface area (Å²) in [6.45, 7) is 3.52. The van der Waals surface area contributed by atoms with E-state index >= 15 is 0 Å². The number of aldehydes is 1. The third-order valence-electron chi connectivity index (χ3n) is 0.814. The van der Waals surface area contributed by atoms with Gasteiger partial charge in [0.25, 0.3) is 0 Å². The molecule has 4 nitrogen and oxygen atoms in total. The summed E-state index contributed by atoms with van der Waals surface area (Å²) in [6, 6.07) is 0. The predicted octanol–water partition coefficient (Wildman–Crippen LogP) is -0.0647. The van der Waals surface area contributed by atoms with E-state index < -0.39 is 0 Å². The average molecular weight is 161 g/mol. The van der Waals surface area contributed by atoms with Gasteiger partial charge in [-0.15, -0.1) is 0 Å². The van der Waals surface area contributed by atoms with Crippen LogP contribution in [-0.2, 0) is 14.3 Å². The molecule has 0 aromatic heterocycles. The van der Waals surface area contributed by atoms with Crippen molar-refractivity contribution >= 4 is 6.29 Å². The van der Waals surface area contributed by atoms with Crippen molar-refractivity contribution in [1.82, 2.24) is 0 Å². The molecule has 0 atom stereocenters. The molecular formula is C7H15NO3. The van der Waals surface area contributed by atoms with Gasteiger partial charge in [0.05, 0.1) is 0 Å². The third-order valence-corrected chi connectivity index (χ3v) is 0.814. The minimum atomic E-state index is -0.236. The van der Waals surface area contributed by atoms with Gasteiger partial charge in [-0.1, -0.05) is 6.58 Å². The first kappa shape index (κ1) is 12.9. The summed E-state index contributed by atoms with van der Waals surface area (Å²) in [6.07, 6.45) is 1.60. The van der Waals surface area contributed by atoms with Crippen LogP contribution in [0.2, 0.25) is 0 Å². The number of hydrogen-bond acceptors (Lipinski definition) is 4. The monoisotopic (exact) mass is 161 g/mol. The minimum Gasteiger partial charge on any atom is -0.355 e. The Morgan fingerprint density at radius 3 is 1.91 bits per heavy atom. The largest absolute Gasteiger partial charge is 0.355 e. The molecule has 0 aromatic rings. The first-order chi connectivity index (χ1) is 5.26. The Hall–Kier alpha value is -0.710. The first-order valence-corrected chi connectivity index (χ1v) is 3.08. The van der Waals surface area contributed by atoms with E-state index in [4.69, 9.17) is 20.0 Å². The van der Waals surface area contributed by atoms with Gasteiger partial charge in [0.15, 0.2) is 6.29 Å². The van der Waals surface area contributed by atoms with Gasteiger partial charge in [0.2, 0.25) is 0 Å². The second-order valence-electron chi connectivity index (χ2n) is 1.51. The SMILES string of the molecule is C=CC=O.COC(CN)OC. The Kier molecular flexibility index (Phi) is 14.1. The summed E-state index contributed by atoms with van der Waals surface area (Å²) in [7, 11) is 3.11. The van der Waals surface area contributed by atoms with Gasteiger partial charge < -0.3 is 15.2 Å². The molecular weight excluding hydrogens is 146 g/mol. The summed E-state index contributed by atoms with van der Waals surface area (Å²) in [5, 5.41) is 0. The van der Waals surface area contributed by atoms with Crippen molar-refractivity contribution in [2.24, 2.45) is 5.73 Å². The van der Waals surface area contributed by atoms with E-state index in [1.807, 2.05) is 0 Å². The molecule has 4 heteroatoms. The molecule has 0 amide bonds. The second kappa shape index (κ2) is 12.0. The lowest BCUT2D eigenvalue weighted by molar-refractivity contribution is -0.104. The molecule has 0 aliphatic heterocycles. The first-order valence-electron chi connectivity index (χ1n) is 3.08. The lowest BCUT2D eigenvalue weighted by Gasteiger charge is -2.08. The van der Waals surface area contributed by atoms with Crippen LogP contribution in [0.3, 0.4) is 0 Å². The molecule has 11 heavy (non-hydrogen) atoms. The molecule has 0 aromatic carbocycles. The zero-order valence-corrected chi connectivity index (χ0v) is 6.95. The normalized spacial score (nSPS) is 8.36. The standard InChI is InChI=1S/C4H11NO2.C3H4O/c1-6-4(3-5)7-2;1-2-3-4/h4H,3,5H2,1-2H3;2-3H,1H2. The van der Waals surface area contributed by atoms with E-state index in [9.17, 15) is 0 Å². The zero-order chi connectivity index (χ0) is 9.11. The van der Waals surface area contributed by atoms with Crippen LogP contribution < -0.4 is 5.73 Å². The molecule has 0 unspecified atom stereocenters. The Balaban J connectivity index is 0. The van der Waals surface area contributed by atoms with Gasteiger partial charge in [-0.2, -0.15) is 0 Å². The fourth-order valence-corrected chi connectivity index (χ4v) is 0.289. The molecule has 0 heterocycles. The van der Waals surface area contributed by atoms with Gasteiger partial charge in [-0.25, -0.2) is 0 Å². The van der Waals surface area contributed by atoms with Crippen LogP contribution in [-0.4, -0.2) is 33.3 Å². The van der Waals surface area contributed by atoms with Gasteiger partial charge in [0.1, 0.15) is 6.29 Å². The van der Waals surface area contributed by atoms with Gasteiger partial charge in [-0.3, -0.25) is 4.79 Å². The number of ether oxygens (including phenoxy) is 2. The van der Waals surface area contributed by atoms with Crippen molar-refractivity contribution in [3.05, 3.63) is 12.7 Å². The van der Waals surface area contributed by atoms with Crippen LogP contribution >= 0.6 is 0 Å². The minimum absolute atomic E-state index is 0.236. The predicted molar refractivity (Wildman–Crippen MR) is 43.1 cm³/mol. The molecule has 0 aliphatic carbocycles. The highest BCUT2D eigenvalue weighted by molar-refractivity contribution is 5.63. The maximum Gasteiger partial charge on any atom is 0.168 e. The van der Waals surface area contributed by atoms with Crippen molar-refractivity contribution in [1.29, 1.82) is 0 Å². The number of carbonyl (C=O) groups excluding carboxylic acids is 1. The lowest BCUT2D eigenvalue weighted by atomic mass is 10.6. The van der Waals surface area contributed by atoms with Crippen LogP contribution in [0.4, 0.5) is 0 Å². The number of hydrogen-bond donors (Lipinski definition) is 1. The molecule has 0 aliphatic rings. The molecule has 0 rings (SSSR count). The fourth-order valence-electron chi connectivity index (χ4n) is 0.289. The Morgan fingerprint density at radius 2 is 1.91 bits per heavy atom. The quantitative estimate of drug-likeness (QED) is 0.356. The van der Waals surface area contributed by atoms with Crippen molar-refractivity contribution in [2.75, 3.05) is 20.8 Å². The lowest BCUT2D eigenvalue weighted by Crippen LogP contribution is -2.23. The van der Waals surface area contributed by atoms with Crippen LogP contribution in [0.5, 0.6) is 0 Å². The molecule has 0 saturated heterocycles. The molecule has 0 fully saturated rings. The molecule has 0 spiro atoms. The summed E-state index contributed by atoms with van der Waals surface area (Å²) in [5.74, 6) is 0. The highest BCUT2D eigenvalue weighted by atomic mass is 16.7. The van der Waals surface area contributed by atoms with Crippen LogP contribution in [0.1, 0.15) is 0 Å². The summed E-state index contributed by atoms with van der Waals surface area (Å²) in [5.41, 5.74) is 5.14. The van der Waals surface area contributed by atoms with Gasteiger partial charge >= 0.3 is 0 Å². The zero-order valence-electron chi connectivity index (χ0n) is 6.95. The van der Waals surface area contributed by atoms with Crippen LogP contribution in [0, 0.1) is 0 Å². The summed E-state index contributed by atoms with van der Waals surface area (Å²) < 4.78 is 9.40. The number of allylic oxidation sites excluding steroid dienone is 1. The van der Waals surface area contributed by atoms with Gasteiger partial charge in [0, 0.05) is 20.8 Å². The number of nitrogens with two attached hydrogens (primary N) is 1. The Bertz CT molecular complexity index is 80.2. The van der Waals surface area contributed by atoms with E-state index in [1.165, 1.54) is 6.08 Å². The van der Waals surface area contributed by atoms with E-state index in [0.717, 1.165) is 0 Å². The van der Waals surface area contributed by atoms with E-state index in [-0.39, 0.29) is 6.29 Å². The number of carbonyl (C=O) groups is 1. The Morgan fingerprint density at radius 1 is 1.55 bits per heavy atom. The molecule has 0 saturated carbocycles. The number of methoxy groups -OCH3 is 2. The van der Waals surface area contributed by atoms with E-state index in [1.54, 1.807) is 14.2 Å². The van der Waals surface area contributed by atoms with Crippen molar-refractivity contribution in [3.63, 3.8) is 0 Å². The maximum atomic E-state index is 9.06. The molecule has 66 valence electrons. The topological polar surface area (TPSA) is 61.5 Å². The Labute approximate surface area is 67.0 Å². The molecule has 0 bridgehead atoms. The van der Waals surface area contributed by atoms with E-state index in [2.05, 4.69) is 6.58 Å². The molecule has 2 N–H and O–H groups in total. The highest BCUT2D eigenvalue weighted by Crippen LogP contribution is 1.83. The average Bonchev–Trinajstić information content (AvgIpc) is 2.08. The summed E-state index contributed by atoms with van der Waals surface area (Å²) >= 11 is 0. The maximum absolute atomic E-state index is 9.06. The number of rotatable bonds is 4. The fraction of sp³-hybridized carbons (Fsp3) is 0.571. The second-order valence-corrected chi connectivity index (χ2v) is 1.51.